The van der Waals surface area contributed by atoms with Crippen molar-refractivity contribution in [3.63, 3.8) is 0 Å². The molecule has 0 amide bonds. The van der Waals surface area contributed by atoms with Crippen molar-refractivity contribution in [1.82, 2.24) is 0 Å². The molecule has 0 unspecified atom stereocenters. The Morgan fingerprint density at radius 3 is 1.00 bits per heavy atom. The topological polar surface area (TPSA) is 179 Å². The fourth-order valence-corrected chi connectivity index (χ4v) is 5.13. The van der Waals surface area contributed by atoms with Gasteiger partial charge < -0.3 is 39.6 Å². The lowest BCUT2D eigenvalue weighted by Crippen LogP contribution is -2.65. The van der Waals surface area contributed by atoms with Crippen molar-refractivity contribution >= 4 is 15.9 Å². The number of rotatable bonds is 5. The van der Waals surface area contributed by atoms with E-state index in [4.69, 9.17) is 0 Å². The summed E-state index contributed by atoms with van der Waals surface area (Å²) in [6, 6.07) is 11.3. The van der Waals surface area contributed by atoms with Gasteiger partial charge >= 0.3 is 0 Å². The molecule has 0 saturated heterocycles. The zero-order valence-electron chi connectivity index (χ0n) is 12.0. The maximum Gasteiger partial charge on any atom is 0.250 e. The molecule has 0 aliphatic rings. The van der Waals surface area contributed by atoms with Crippen LogP contribution in [0.4, 0.5) is 0 Å². The van der Waals surface area contributed by atoms with E-state index in [1.165, 1.54) is 36.4 Å². The largest absolute Gasteiger partial charge is 0.685 e. The van der Waals surface area contributed by atoms with Gasteiger partial charge in [0.1, 0.15) is 0 Å². The van der Waals surface area contributed by atoms with Crippen LogP contribution in [0, 0.1) is 0 Å². The standard InChI is InChI=1S/C14H16O8P2/c15-13(23(17,18)19,11-7-3-1-4-8-11)14(16,24(20,21)22)12-9-5-2-6-10-12/h1-10,15-16H,(H2,17,18,19)(H2,20,21,22)/p-4/t13-,14+. The molecule has 0 spiro atoms. The zero-order valence-corrected chi connectivity index (χ0v) is 13.8. The second-order valence-corrected chi connectivity index (χ2v) is 8.36. The molecule has 0 heterocycles. The molecule has 2 N–H and O–H groups in total. The van der Waals surface area contributed by atoms with E-state index < -0.39 is 37.7 Å². The average molecular weight is 370 g/mol. The molecule has 0 bridgehead atoms. The van der Waals surface area contributed by atoms with Gasteiger partial charge in [-0.05, 0) is 0 Å². The Kier molecular flexibility index (Phi) is 5.12. The highest BCUT2D eigenvalue weighted by molar-refractivity contribution is 7.60. The van der Waals surface area contributed by atoms with E-state index >= 15 is 0 Å². The van der Waals surface area contributed by atoms with Crippen LogP contribution in [0.15, 0.2) is 60.7 Å². The van der Waals surface area contributed by atoms with Crippen LogP contribution < -0.4 is 29.4 Å². The Balaban J connectivity index is 2.88. The number of hydrogen-bond donors (Lipinski definition) is 2. The third-order valence-corrected chi connectivity index (χ3v) is 6.56. The Labute approximate surface area is 138 Å². The van der Waals surface area contributed by atoms with Crippen LogP contribution in [-0.2, 0) is 10.7 Å². The predicted octanol–water partition coefficient (Wildman–Crippen LogP) is -3.64. The van der Waals surface area contributed by atoms with Crippen LogP contribution >= 0.6 is 15.9 Å². The molecule has 2 rings (SSSR count). The van der Waals surface area contributed by atoms with Crippen molar-refractivity contribution in [3.05, 3.63) is 71.8 Å². The van der Waals surface area contributed by atoms with E-state index in [1.807, 2.05) is 0 Å². The van der Waals surface area contributed by atoms with Gasteiger partial charge in [0.2, 0.25) is 0 Å². The molecule has 0 fully saturated rings. The van der Waals surface area contributed by atoms with E-state index in [0.29, 0.717) is 0 Å². The van der Waals surface area contributed by atoms with Crippen LogP contribution in [0.25, 0.3) is 0 Å². The van der Waals surface area contributed by atoms with Crippen molar-refractivity contribution < 1.29 is 39.6 Å². The zero-order chi connectivity index (χ0) is 18.2. The summed E-state index contributed by atoms with van der Waals surface area (Å²) in [5.41, 5.74) is -1.48. The summed E-state index contributed by atoms with van der Waals surface area (Å²) in [6.07, 6.45) is 0. The molecule has 0 saturated carbocycles. The van der Waals surface area contributed by atoms with Crippen LogP contribution in [0.2, 0.25) is 0 Å². The minimum atomic E-state index is -6.26. The molecule has 2 atom stereocenters. The van der Waals surface area contributed by atoms with E-state index in [9.17, 15) is 39.6 Å². The van der Waals surface area contributed by atoms with Crippen LogP contribution in [0.3, 0.4) is 0 Å². The monoisotopic (exact) mass is 370 g/mol. The fourth-order valence-electron chi connectivity index (χ4n) is 2.44. The maximum atomic E-state index is 11.8. The van der Waals surface area contributed by atoms with Gasteiger partial charge in [0.25, 0.3) is 10.7 Å². The summed E-state index contributed by atoms with van der Waals surface area (Å²) >= 11 is 0. The normalized spacial score (nSPS) is 17.8. The fraction of sp³-hybridized carbons (Fsp3) is 0.143. The molecule has 8 nitrogen and oxygen atoms in total. The second-order valence-electron chi connectivity index (χ2n) is 5.07. The van der Waals surface area contributed by atoms with Crippen molar-refractivity contribution in [1.29, 1.82) is 0 Å². The Morgan fingerprint density at radius 1 is 0.542 bits per heavy atom. The van der Waals surface area contributed by atoms with Crippen LogP contribution in [0.1, 0.15) is 11.1 Å². The van der Waals surface area contributed by atoms with Gasteiger partial charge in [-0.15, -0.1) is 15.9 Å². The maximum absolute atomic E-state index is 11.8. The Morgan fingerprint density at radius 2 is 0.792 bits per heavy atom. The molecule has 0 aliphatic carbocycles. The third-order valence-electron chi connectivity index (χ3n) is 3.63. The van der Waals surface area contributed by atoms with E-state index in [1.54, 1.807) is 0 Å². The molecule has 24 heavy (non-hydrogen) atoms. The molecule has 130 valence electrons. The van der Waals surface area contributed by atoms with Crippen molar-refractivity contribution in [2.75, 3.05) is 0 Å². The van der Waals surface area contributed by atoms with Gasteiger partial charge in [0.15, 0.2) is 0 Å². The first-order chi connectivity index (χ1) is 11.0. The molecular formula is C14H12O8P2-4. The first kappa shape index (κ1) is 19.3. The average Bonchev–Trinajstić information content (AvgIpc) is 2.52. The second kappa shape index (κ2) is 6.37. The molecule has 0 aliphatic heterocycles. The molecule has 0 aromatic heterocycles. The minimum Gasteiger partial charge on any atom is -0.685 e. The number of benzene rings is 2. The summed E-state index contributed by atoms with van der Waals surface area (Å²) < 4.78 is 0. The van der Waals surface area contributed by atoms with Gasteiger partial charge in [-0.1, -0.05) is 60.7 Å². The lowest BCUT2D eigenvalue weighted by atomic mass is 9.96. The van der Waals surface area contributed by atoms with Gasteiger partial charge in [-0.2, -0.15) is 0 Å². The predicted molar refractivity (Wildman–Crippen MR) is 74.5 cm³/mol. The summed E-state index contributed by atoms with van der Waals surface area (Å²) in [7, 11) is -12.5. The molecule has 0 radical (unpaired) electrons. The number of aliphatic hydroxyl groups is 2. The van der Waals surface area contributed by atoms with E-state index in [2.05, 4.69) is 0 Å². The van der Waals surface area contributed by atoms with Crippen molar-refractivity contribution in [2.45, 2.75) is 10.7 Å². The van der Waals surface area contributed by atoms with Gasteiger partial charge in [-0.25, -0.2) is 0 Å². The smallest absolute Gasteiger partial charge is 0.250 e. The van der Waals surface area contributed by atoms with E-state index in [-0.39, 0.29) is 0 Å². The first-order valence-electron chi connectivity index (χ1n) is 6.56. The third kappa shape index (κ3) is 2.87. The summed E-state index contributed by atoms with van der Waals surface area (Å²) in [4.78, 5) is 70.7. The highest BCUT2D eigenvalue weighted by Crippen LogP contribution is 2.70. The Hall–Kier alpha value is -1.02. The van der Waals surface area contributed by atoms with Crippen molar-refractivity contribution in [3.8, 4) is 0 Å². The summed E-state index contributed by atoms with van der Waals surface area (Å²) in [5.74, 6) is 0. The highest BCUT2D eigenvalue weighted by atomic mass is 31.2. The van der Waals surface area contributed by atoms with E-state index in [0.717, 1.165) is 24.3 Å². The summed E-state index contributed by atoms with van der Waals surface area (Å²) in [6.45, 7) is 0. The molecule has 2 aromatic carbocycles. The minimum absolute atomic E-state index is 0.739. The summed E-state index contributed by atoms with van der Waals surface area (Å²) in [5, 5.41) is 13.4. The Bertz CT molecular complexity index is 624. The van der Waals surface area contributed by atoms with Crippen molar-refractivity contribution in [2.24, 2.45) is 0 Å². The SMILES string of the molecule is [O-][P+]([O-])([O-])[C@@](O)(c1ccccc1)[C@@](O)(c1ccccc1)[P+]([O-])([O-])[O-]. The highest BCUT2D eigenvalue weighted by Gasteiger charge is 2.63. The first-order valence-corrected chi connectivity index (χ1v) is 9.65. The number of hydrogen-bond acceptors (Lipinski definition) is 8. The van der Waals surface area contributed by atoms with Gasteiger partial charge in [0, 0.05) is 11.1 Å². The molecule has 2 aromatic rings. The quantitative estimate of drug-likeness (QED) is 0.506. The van der Waals surface area contributed by atoms with Gasteiger partial charge in [-0.3, -0.25) is 0 Å². The van der Waals surface area contributed by atoms with Crippen LogP contribution in [0.5, 0.6) is 0 Å². The molecule has 10 heteroatoms. The lowest BCUT2D eigenvalue weighted by Gasteiger charge is -2.65. The lowest BCUT2D eigenvalue weighted by molar-refractivity contribution is -0.470. The van der Waals surface area contributed by atoms with Gasteiger partial charge in [0.05, 0.1) is 0 Å². The van der Waals surface area contributed by atoms with Crippen LogP contribution in [-0.4, -0.2) is 10.2 Å². The molecular weight excluding hydrogens is 358 g/mol.